The fourth-order valence-electron chi connectivity index (χ4n) is 5.58. The Hall–Kier alpha value is -3.00. The summed E-state index contributed by atoms with van der Waals surface area (Å²) in [5.41, 5.74) is 4.62. The molecule has 8 heteroatoms. The van der Waals surface area contributed by atoms with Gasteiger partial charge in [-0.3, -0.25) is 4.79 Å². The standard InChI is InChI=1S/C26H28N2O5S/c1-15-28(23(14-34-15)25(30)31)24(29)20-11-6-12-22(20)27-26(32)33-13-21-18-9-4-2-7-16(18)17-8-3-5-10-19(17)21/h2-5,7-10,15,20-23H,6,11-14H2,1H3,(H,27,32)(H,30,31)/t15?,20-,22+,23?/m1/s1. The van der Waals surface area contributed by atoms with Crippen LogP contribution in [0.4, 0.5) is 4.79 Å². The van der Waals surface area contributed by atoms with Crippen molar-refractivity contribution in [3.8, 4) is 11.1 Å². The Labute approximate surface area is 202 Å². The predicted molar refractivity (Wildman–Crippen MR) is 130 cm³/mol. The van der Waals surface area contributed by atoms with E-state index >= 15 is 0 Å². The lowest BCUT2D eigenvalue weighted by Gasteiger charge is -2.30. The quantitative estimate of drug-likeness (QED) is 0.670. The number of benzene rings is 2. The molecule has 1 saturated heterocycles. The monoisotopic (exact) mass is 480 g/mol. The lowest BCUT2D eigenvalue weighted by atomic mass is 9.98. The van der Waals surface area contributed by atoms with Crippen molar-refractivity contribution in [2.75, 3.05) is 12.4 Å². The summed E-state index contributed by atoms with van der Waals surface area (Å²) in [4.78, 5) is 39.1. The Bertz CT molecular complexity index is 1080. The van der Waals surface area contributed by atoms with Gasteiger partial charge in [0.15, 0.2) is 0 Å². The van der Waals surface area contributed by atoms with E-state index in [1.165, 1.54) is 27.8 Å². The number of amides is 2. The lowest BCUT2D eigenvalue weighted by molar-refractivity contribution is -0.151. The average molecular weight is 481 g/mol. The summed E-state index contributed by atoms with van der Waals surface area (Å²) in [5, 5.41) is 12.2. The molecule has 1 saturated carbocycles. The van der Waals surface area contributed by atoms with Crippen LogP contribution in [0, 0.1) is 5.92 Å². The first-order chi connectivity index (χ1) is 16.5. The molecule has 2 fully saturated rings. The van der Waals surface area contributed by atoms with Gasteiger partial charge in [-0.15, -0.1) is 11.8 Å². The van der Waals surface area contributed by atoms with Crippen molar-refractivity contribution in [1.29, 1.82) is 0 Å². The van der Waals surface area contributed by atoms with Gasteiger partial charge in [-0.2, -0.15) is 0 Å². The highest BCUT2D eigenvalue weighted by Gasteiger charge is 2.45. The minimum Gasteiger partial charge on any atom is -0.480 e. The molecule has 2 unspecified atom stereocenters. The molecule has 2 aromatic carbocycles. The number of nitrogens with one attached hydrogen (secondary N) is 1. The van der Waals surface area contributed by atoms with Crippen LogP contribution < -0.4 is 5.32 Å². The molecule has 2 N–H and O–H groups in total. The first-order valence-corrected chi connectivity index (χ1v) is 12.8. The minimum atomic E-state index is -0.982. The third kappa shape index (κ3) is 4.04. The van der Waals surface area contributed by atoms with Gasteiger partial charge in [0.05, 0.1) is 11.3 Å². The highest BCUT2D eigenvalue weighted by Crippen LogP contribution is 2.44. The number of carbonyl (C=O) groups is 3. The zero-order chi connectivity index (χ0) is 23.8. The Morgan fingerprint density at radius 1 is 1.06 bits per heavy atom. The van der Waals surface area contributed by atoms with E-state index in [4.69, 9.17) is 4.74 Å². The SMILES string of the molecule is CC1SCC(C(=O)O)N1C(=O)[C@@H]1CCC[C@@H]1NC(=O)OCC1c2ccccc2-c2ccccc21. The third-order valence-electron chi connectivity index (χ3n) is 7.24. The van der Waals surface area contributed by atoms with E-state index in [0.717, 1.165) is 17.5 Å². The first-order valence-electron chi connectivity index (χ1n) is 11.7. The maximum absolute atomic E-state index is 13.3. The Kier molecular flexibility index (Phi) is 6.25. The van der Waals surface area contributed by atoms with Gasteiger partial charge in [0.25, 0.3) is 0 Å². The molecule has 2 amide bonds. The van der Waals surface area contributed by atoms with Gasteiger partial charge >= 0.3 is 12.1 Å². The fourth-order valence-corrected chi connectivity index (χ4v) is 6.75. The van der Waals surface area contributed by atoms with Crippen molar-refractivity contribution < 1.29 is 24.2 Å². The van der Waals surface area contributed by atoms with E-state index < -0.39 is 24.0 Å². The highest BCUT2D eigenvalue weighted by atomic mass is 32.2. The maximum atomic E-state index is 13.3. The second-order valence-corrected chi connectivity index (χ2v) is 10.5. The summed E-state index contributed by atoms with van der Waals surface area (Å²) in [6.45, 7) is 2.07. The van der Waals surface area contributed by atoms with Crippen LogP contribution in [0.2, 0.25) is 0 Å². The molecule has 2 aromatic rings. The zero-order valence-corrected chi connectivity index (χ0v) is 19.8. The summed E-state index contributed by atoms with van der Waals surface area (Å²) < 4.78 is 5.66. The number of ether oxygens (including phenoxy) is 1. The number of hydrogen-bond donors (Lipinski definition) is 2. The summed E-state index contributed by atoms with van der Waals surface area (Å²) in [5.74, 6) is -1.24. The van der Waals surface area contributed by atoms with E-state index in [9.17, 15) is 19.5 Å². The van der Waals surface area contributed by atoms with E-state index in [1.807, 2.05) is 31.2 Å². The molecular formula is C26H28N2O5S. The number of aliphatic carboxylic acids is 1. The van der Waals surface area contributed by atoms with Crippen LogP contribution in [0.5, 0.6) is 0 Å². The van der Waals surface area contributed by atoms with Crippen molar-refractivity contribution >= 4 is 29.7 Å². The van der Waals surface area contributed by atoms with Gasteiger partial charge < -0.3 is 20.1 Å². The van der Waals surface area contributed by atoms with Gasteiger partial charge in [0.1, 0.15) is 12.6 Å². The van der Waals surface area contributed by atoms with Crippen LogP contribution in [0.25, 0.3) is 11.1 Å². The van der Waals surface area contributed by atoms with E-state index in [0.29, 0.717) is 18.6 Å². The summed E-state index contributed by atoms with van der Waals surface area (Å²) in [6.07, 6.45) is 1.57. The van der Waals surface area contributed by atoms with Crippen molar-refractivity contribution in [3.63, 3.8) is 0 Å². The number of carbonyl (C=O) groups excluding carboxylic acids is 2. The minimum absolute atomic E-state index is 0.0297. The van der Waals surface area contributed by atoms with Crippen LogP contribution in [-0.2, 0) is 14.3 Å². The van der Waals surface area contributed by atoms with Gasteiger partial charge in [-0.05, 0) is 42.0 Å². The van der Waals surface area contributed by atoms with E-state index in [1.54, 1.807) is 0 Å². The molecule has 1 aliphatic heterocycles. The molecule has 0 bridgehead atoms. The number of hydrogen-bond acceptors (Lipinski definition) is 5. The highest BCUT2D eigenvalue weighted by molar-refractivity contribution is 8.00. The lowest BCUT2D eigenvalue weighted by Crippen LogP contribution is -2.51. The topological polar surface area (TPSA) is 95.9 Å². The Morgan fingerprint density at radius 3 is 2.35 bits per heavy atom. The first kappa shape index (κ1) is 22.8. The molecule has 4 atom stereocenters. The summed E-state index contributed by atoms with van der Waals surface area (Å²) in [6, 6.07) is 15.2. The van der Waals surface area contributed by atoms with Gasteiger partial charge in [-0.1, -0.05) is 55.0 Å². The number of thioether (sulfide) groups is 1. The van der Waals surface area contributed by atoms with Crippen LogP contribution in [0.15, 0.2) is 48.5 Å². The van der Waals surface area contributed by atoms with E-state index in [-0.39, 0.29) is 29.8 Å². The molecule has 0 aromatic heterocycles. The smallest absolute Gasteiger partial charge is 0.407 e. The van der Waals surface area contributed by atoms with Gasteiger partial charge in [-0.25, -0.2) is 9.59 Å². The molecule has 0 radical (unpaired) electrons. The third-order valence-corrected chi connectivity index (χ3v) is 8.46. The molecule has 3 aliphatic rings. The molecule has 0 spiro atoms. The molecule has 7 nitrogen and oxygen atoms in total. The van der Waals surface area contributed by atoms with Gasteiger partial charge in [0.2, 0.25) is 5.91 Å². The molecular weight excluding hydrogens is 452 g/mol. The van der Waals surface area contributed by atoms with Gasteiger partial charge in [0, 0.05) is 17.7 Å². The molecule has 34 heavy (non-hydrogen) atoms. The van der Waals surface area contributed by atoms with Crippen LogP contribution >= 0.6 is 11.8 Å². The average Bonchev–Trinajstić information content (AvgIpc) is 3.53. The molecule has 178 valence electrons. The predicted octanol–water partition coefficient (Wildman–Crippen LogP) is 4.07. The number of carboxylic acid groups (broad SMARTS) is 1. The number of alkyl carbamates (subject to hydrolysis) is 1. The second-order valence-electron chi connectivity index (χ2n) is 9.15. The Morgan fingerprint density at radius 2 is 1.71 bits per heavy atom. The number of nitrogens with zero attached hydrogens (tertiary/aromatic N) is 1. The van der Waals surface area contributed by atoms with Crippen molar-refractivity contribution in [2.24, 2.45) is 5.92 Å². The number of fused-ring (bicyclic) bond motifs is 3. The second kappa shape index (κ2) is 9.33. The Balaban J connectivity index is 1.24. The van der Waals surface area contributed by atoms with E-state index in [2.05, 4.69) is 29.6 Å². The van der Waals surface area contributed by atoms with Crippen LogP contribution in [0.1, 0.15) is 43.2 Å². The summed E-state index contributed by atoms with van der Waals surface area (Å²) in [7, 11) is 0. The maximum Gasteiger partial charge on any atom is 0.407 e. The molecule has 5 rings (SSSR count). The number of carboxylic acids is 1. The largest absolute Gasteiger partial charge is 0.480 e. The van der Waals surface area contributed by atoms with Crippen molar-refractivity contribution in [3.05, 3.63) is 59.7 Å². The van der Waals surface area contributed by atoms with Crippen molar-refractivity contribution in [1.82, 2.24) is 10.2 Å². The zero-order valence-electron chi connectivity index (χ0n) is 19.0. The molecule has 1 heterocycles. The van der Waals surface area contributed by atoms with Crippen LogP contribution in [0.3, 0.4) is 0 Å². The molecule has 2 aliphatic carbocycles. The fraction of sp³-hybridized carbons (Fsp3) is 0.423. The number of rotatable bonds is 5. The normalized spacial score (nSPS) is 25.6. The van der Waals surface area contributed by atoms with Crippen molar-refractivity contribution in [2.45, 2.75) is 49.6 Å². The van der Waals surface area contributed by atoms with Crippen LogP contribution in [-0.4, -0.2) is 57.8 Å². The summed E-state index contributed by atoms with van der Waals surface area (Å²) >= 11 is 1.47.